The van der Waals surface area contributed by atoms with Crippen molar-refractivity contribution in [3.05, 3.63) is 0 Å². The second-order valence-electron chi connectivity index (χ2n) is 10.2. The van der Waals surface area contributed by atoms with Crippen molar-refractivity contribution < 1.29 is 14.6 Å². The van der Waals surface area contributed by atoms with E-state index in [0.29, 0.717) is 16.9 Å². The summed E-state index contributed by atoms with van der Waals surface area (Å²) >= 11 is 0. The molecule has 6 fully saturated rings. The number of ether oxygens (including phenoxy) is 2. The van der Waals surface area contributed by atoms with Gasteiger partial charge in [0.25, 0.3) is 0 Å². The highest BCUT2D eigenvalue weighted by molar-refractivity contribution is 5.26. The van der Waals surface area contributed by atoms with Gasteiger partial charge in [-0.3, -0.25) is 0 Å². The predicted octanol–water partition coefficient (Wildman–Crippen LogP) is 3.29. The van der Waals surface area contributed by atoms with E-state index in [4.69, 9.17) is 9.47 Å². The minimum absolute atomic E-state index is 0.0337. The Hall–Kier alpha value is -0.120. The van der Waals surface area contributed by atoms with Gasteiger partial charge in [0.15, 0.2) is 0 Å². The standard InChI is InChI=1S/C20H30O3/c1-17-7-4-15-13(14(17)5-8-19(17)11-22-19)9-16-20(23-16)10-12(21)3-6-18(15,20)2/h12-16,21H,3-11H2,1-2H3/t12-,13+,14+,15+,16+,17+,18-,19-,20+/m1/s1. The van der Waals surface area contributed by atoms with Gasteiger partial charge in [-0.05, 0) is 62.7 Å². The molecule has 0 aromatic rings. The first-order chi connectivity index (χ1) is 10.9. The van der Waals surface area contributed by atoms with Gasteiger partial charge in [-0.25, -0.2) is 0 Å². The minimum Gasteiger partial charge on any atom is -0.393 e. The predicted molar refractivity (Wildman–Crippen MR) is 85.9 cm³/mol. The summed E-state index contributed by atoms with van der Waals surface area (Å²) in [5.41, 5.74) is 1.02. The second kappa shape index (κ2) is 3.83. The maximum Gasteiger partial charge on any atom is 0.103 e. The number of aliphatic hydroxyl groups is 1. The van der Waals surface area contributed by atoms with E-state index in [-0.39, 0.29) is 17.3 Å². The molecule has 0 bridgehead atoms. The lowest BCUT2D eigenvalue weighted by atomic mass is 9.44. The number of rotatable bonds is 0. The Balaban J connectivity index is 1.39. The fraction of sp³-hybridized carbons (Fsp3) is 1.00. The first-order valence-electron chi connectivity index (χ1n) is 9.94. The summed E-state index contributed by atoms with van der Waals surface area (Å²) in [6.07, 6.45) is 9.96. The molecule has 23 heavy (non-hydrogen) atoms. The lowest BCUT2D eigenvalue weighted by Crippen LogP contribution is -2.59. The third-order valence-corrected chi connectivity index (χ3v) is 9.84. The van der Waals surface area contributed by atoms with Gasteiger partial charge < -0.3 is 14.6 Å². The first kappa shape index (κ1) is 14.1. The Morgan fingerprint density at radius 3 is 2.43 bits per heavy atom. The van der Waals surface area contributed by atoms with Crippen molar-refractivity contribution in [1.29, 1.82) is 0 Å². The van der Waals surface area contributed by atoms with Gasteiger partial charge in [-0.2, -0.15) is 0 Å². The molecule has 0 radical (unpaired) electrons. The molecule has 6 rings (SSSR count). The highest BCUT2D eigenvalue weighted by atomic mass is 16.6. The summed E-state index contributed by atoms with van der Waals surface area (Å²) in [4.78, 5) is 0. The fourth-order valence-electron chi connectivity index (χ4n) is 8.31. The molecular weight excluding hydrogens is 288 g/mol. The van der Waals surface area contributed by atoms with Crippen LogP contribution in [0, 0.1) is 28.6 Å². The van der Waals surface area contributed by atoms with Crippen LogP contribution in [0.15, 0.2) is 0 Å². The molecular formula is C20H30O3. The molecule has 4 saturated carbocycles. The molecule has 6 aliphatic rings. The van der Waals surface area contributed by atoms with E-state index in [1.54, 1.807) is 0 Å². The van der Waals surface area contributed by atoms with E-state index in [1.165, 1.54) is 32.1 Å². The van der Waals surface area contributed by atoms with Crippen molar-refractivity contribution in [3.8, 4) is 0 Å². The van der Waals surface area contributed by atoms with E-state index in [0.717, 1.165) is 43.6 Å². The van der Waals surface area contributed by atoms with Crippen molar-refractivity contribution in [2.75, 3.05) is 6.61 Å². The third-order valence-electron chi connectivity index (χ3n) is 9.84. The number of hydrogen-bond donors (Lipinski definition) is 1. The zero-order valence-corrected chi connectivity index (χ0v) is 14.5. The number of fused-ring (bicyclic) bond motifs is 5. The molecule has 2 spiro atoms. The average Bonchev–Trinajstić information content (AvgIpc) is 3.38. The van der Waals surface area contributed by atoms with Crippen LogP contribution in [0.1, 0.15) is 65.2 Å². The molecule has 1 N–H and O–H groups in total. The van der Waals surface area contributed by atoms with Crippen LogP contribution in [0.25, 0.3) is 0 Å². The van der Waals surface area contributed by atoms with Gasteiger partial charge in [0.05, 0.1) is 24.4 Å². The summed E-state index contributed by atoms with van der Waals surface area (Å²) in [6, 6.07) is 0. The zero-order valence-electron chi connectivity index (χ0n) is 14.5. The Kier molecular flexibility index (Phi) is 2.35. The van der Waals surface area contributed by atoms with E-state index in [1.807, 2.05) is 0 Å². The Morgan fingerprint density at radius 2 is 1.65 bits per heavy atom. The highest BCUT2D eigenvalue weighted by Crippen LogP contribution is 2.75. The molecule has 128 valence electrons. The van der Waals surface area contributed by atoms with Crippen LogP contribution in [0.3, 0.4) is 0 Å². The van der Waals surface area contributed by atoms with E-state index in [9.17, 15) is 5.11 Å². The van der Waals surface area contributed by atoms with Crippen LogP contribution in [0.2, 0.25) is 0 Å². The monoisotopic (exact) mass is 318 g/mol. The van der Waals surface area contributed by atoms with E-state index in [2.05, 4.69) is 13.8 Å². The Bertz CT molecular complexity index is 571. The van der Waals surface area contributed by atoms with Gasteiger partial charge in [0.2, 0.25) is 0 Å². The van der Waals surface area contributed by atoms with Crippen LogP contribution in [0.4, 0.5) is 0 Å². The fourth-order valence-corrected chi connectivity index (χ4v) is 8.31. The Labute approximate surface area is 139 Å². The third kappa shape index (κ3) is 1.39. The molecule has 2 heterocycles. The topological polar surface area (TPSA) is 45.3 Å². The first-order valence-corrected chi connectivity index (χ1v) is 9.94. The van der Waals surface area contributed by atoms with E-state index < -0.39 is 0 Å². The van der Waals surface area contributed by atoms with Gasteiger partial charge in [-0.1, -0.05) is 13.8 Å². The van der Waals surface area contributed by atoms with Crippen LogP contribution >= 0.6 is 0 Å². The molecule has 9 atom stereocenters. The lowest BCUT2D eigenvalue weighted by Gasteiger charge is -2.59. The summed E-state index contributed by atoms with van der Waals surface area (Å²) in [7, 11) is 0. The normalized spacial score (nSPS) is 68.7. The molecule has 2 aliphatic heterocycles. The largest absolute Gasteiger partial charge is 0.393 e. The van der Waals surface area contributed by atoms with Crippen molar-refractivity contribution in [1.82, 2.24) is 0 Å². The van der Waals surface area contributed by atoms with Crippen molar-refractivity contribution in [2.24, 2.45) is 28.6 Å². The van der Waals surface area contributed by atoms with Gasteiger partial charge >= 0.3 is 0 Å². The highest BCUT2D eigenvalue weighted by Gasteiger charge is 2.78. The quantitative estimate of drug-likeness (QED) is 0.697. The second-order valence-corrected chi connectivity index (χ2v) is 10.2. The lowest BCUT2D eigenvalue weighted by molar-refractivity contribution is -0.115. The molecule has 0 aromatic carbocycles. The maximum absolute atomic E-state index is 10.2. The Morgan fingerprint density at radius 1 is 0.957 bits per heavy atom. The molecule has 3 nitrogen and oxygen atoms in total. The van der Waals surface area contributed by atoms with Gasteiger partial charge in [-0.15, -0.1) is 0 Å². The smallest absolute Gasteiger partial charge is 0.103 e. The summed E-state index contributed by atoms with van der Waals surface area (Å²) in [5.74, 6) is 2.48. The van der Waals surface area contributed by atoms with Crippen LogP contribution in [-0.4, -0.2) is 35.1 Å². The molecule has 0 amide bonds. The SMILES string of the molecule is C[C@]12CC[C@H]3[C@@H](C[C@@H]4O[C@@]45C[C@H](O)CC[C@]35C)[C@@H]1CC[C@@]21CO1. The number of aliphatic hydroxyl groups excluding tert-OH is 1. The number of hydrogen-bond acceptors (Lipinski definition) is 3. The van der Waals surface area contributed by atoms with Crippen molar-refractivity contribution >= 4 is 0 Å². The van der Waals surface area contributed by atoms with Crippen LogP contribution in [0.5, 0.6) is 0 Å². The molecule has 2 saturated heterocycles. The summed E-state index contributed by atoms with van der Waals surface area (Å²) < 4.78 is 12.4. The molecule has 0 aromatic heterocycles. The summed E-state index contributed by atoms with van der Waals surface area (Å²) in [6.45, 7) is 6.07. The van der Waals surface area contributed by atoms with Crippen LogP contribution < -0.4 is 0 Å². The minimum atomic E-state index is -0.131. The summed E-state index contributed by atoms with van der Waals surface area (Å²) in [5, 5.41) is 10.2. The average molecular weight is 318 g/mol. The molecule has 0 unspecified atom stereocenters. The van der Waals surface area contributed by atoms with Crippen molar-refractivity contribution in [3.63, 3.8) is 0 Å². The van der Waals surface area contributed by atoms with Crippen LogP contribution in [-0.2, 0) is 9.47 Å². The molecule has 3 heteroatoms. The van der Waals surface area contributed by atoms with Crippen molar-refractivity contribution in [2.45, 2.75) is 88.6 Å². The molecule has 4 aliphatic carbocycles. The van der Waals surface area contributed by atoms with Gasteiger partial charge in [0.1, 0.15) is 5.60 Å². The van der Waals surface area contributed by atoms with Gasteiger partial charge in [0, 0.05) is 17.3 Å². The number of epoxide rings is 2. The maximum atomic E-state index is 10.2. The zero-order chi connectivity index (χ0) is 15.7. The van der Waals surface area contributed by atoms with E-state index >= 15 is 0 Å².